The van der Waals surface area contributed by atoms with E-state index in [2.05, 4.69) is 102 Å². The van der Waals surface area contributed by atoms with Gasteiger partial charge < -0.3 is 9.30 Å². The van der Waals surface area contributed by atoms with E-state index >= 15 is 0 Å². The molecule has 0 saturated heterocycles. The lowest BCUT2D eigenvalue weighted by molar-refractivity contribution is 0.0551. The predicted molar refractivity (Wildman–Crippen MR) is 168 cm³/mol. The summed E-state index contributed by atoms with van der Waals surface area (Å²) in [6.45, 7) is 5.78. The van der Waals surface area contributed by atoms with Gasteiger partial charge in [-0.1, -0.05) is 72.8 Å². The molecule has 0 N–H and O–H groups in total. The van der Waals surface area contributed by atoms with Crippen LogP contribution in [0, 0.1) is 0 Å². The lowest BCUT2D eigenvalue weighted by atomic mass is 9.90. The zero-order valence-electron chi connectivity index (χ0n) is 23.4. The third-order valence-electron chi connectivity index (χ3n) is 8.31. The van der Waals surface area contributed by atoms with E-state index < -0.39 is 5.60 Å². The monoisotopic (exact) mass is 534 g/mol. The Morgan fingerprint density at radius 1 is 0.659 bits per heavy atom. The third-order valence-corrected chi connectivity index (χ3v) is 8.31. The van der Waals surface area contributed by atoms with Gasteiger partial charge in [-0.2, -0.15) is 0 Å². The molecule has 0 radical (unpaired) electrons. The van der Waals surface area contributed by atoms with Gasteiger partial charge in [-0.3, -0.25) is 0 Å². The maximum absolute atomic E-state index is 14.1. The van der Waals surface area contributed by atoms with Crippen LogP contribution in [0.2, 0.25) is 0 Å². The van der Waals surface area contributed by atoms with Crippen LogP contribution in [0.4, 0.5) is 4.79 Å². The number of nitrogens with zero attached hydrogens (tertiary/aromatic N) is 2. The molecule has 0 atom stereocenters. The molecule has 0 fully saturated rings. The number of carbonyl (C=O) groups excluding carboxylic acids is 1. The lowest BCUT2D eigenvalue weighted by Gasteiger charge is -2.20. The number of aromatic nitrogens is 2. The number of hydrogen-bond donors (Lipinski definition) is 0. The van der Waals surface area contributed by atoms with Crippen molar-refractivity contribution in [3.63, 3.8) is 0 Å². The quantitative estimate of drug-likeness (QED) is 0.221. The molecule has 0 amide bonds. The van der Waals surface area contributed by atoms with Crippen molar-refractivity contribution in [1.29, 1.82) is 0 Å². The van der Waals surface area contributed by atoms with Crippen LogP contribution in [0.25, 0.3) is 60.4 Å². The molecule has 5 aromatic carbocycles. The molecule has 7 aromatic rings. The second kappa shape index (κ2) is 8.58. The Hall–Kier alpha value is -4.83. The van der Waals surface area contributed by atoms with Crippen molar-refractivity contribution in [2.45, 2.75) is 39.2 Å². The van der Waals surface area contributed by atoms with Gasteiger partial charge in [-0.05, 0) is 86.2 Å². The minimum Gasteiger partial charge on any atom is -0.443 e. The van der Waals surface area contributed by atoms with Gasteiger partial charge in [-0.25, -0.2) is 9.36 Å². The first-order valence-corrected chi connectivity index (χ1v) is 14.3. The molecule has 0 saturated carbocycles. The Morgan fingerprint density at radius 2 is 1.37 bits per heavy atom. The molecule has 2 aromatic heterocycles. The summed E-state index contributed by atoms with van der Waals surface area (Å²) in [5.41, 5.74) is 9.33. The fraction of sp³-hybridized carbons (Fsp3) is 0.162. The highest BCUT2D eigenvalue weighted by Crippen LogP contribution is 2.45. The van der Waals surface area contributed by atoms with E-state index in [-0.39, 0.29) is 6.09 Å². The van der Waals surface area contributed by atoms with Crippen LogP contribution in [0.1, 0.15) is 31.9 Å². The molecule has 1 aliphatic carbocycles. The number of carbonyl (C=O) groups is 1. The summed E-state index contributed by atoms with van der Waals surface area (Å²) >= 11 is 0. The maximum atomic E-state index is 14.1. The summed E-state index contributed by atoms with van der Waals surface area (Å²) in [5, 5.41) is 4.68. The molecule has 200 valence electrons. The zero-order chi connectivity index (χ0) is 27.9. The molecule has 8 rings (SSSR count). The number of hydrogen-bond acceptors (Lipinski definition) is 2. The van der Waals surface area contributed by atoms with Crippen LogP contribution in [0.15, 0.2) is 103 Å². The fourth-order valence-electron chi connectivity index (χ4n) is 6.74. The molecule has 41 heavy (non-hydrogen) atoms. The van der Waals surface area contributed by atoms with E-state index in [4.69, 9.17) is 4.74 Å². The van der Waals surface area contributed by atoms with Gasteiger partial charge in [0.05, 0.1) is 22.1 Å². The average Bonchev–Trinajstić information content (AvgIpc) is 3.50. The van der Waals surface area contributed by atoms with Crippen LogP contribution in [0.5, 0.6) is 0 Å². The molecule has 0 spiro atoms. The van der Waals surface area contributed by atoms with E-state index in [1.807, 2.05) is 31.4 Å². The second-order valence-corrected chi connectivity index (χ2v) is 12.1. The van der Waals surface area contributed by atoms with Gasteiger partial charge in [0.15, 0.2) is 0 Å². The Balaban J connectivity index is 1.56. The first-order chi connectivity index (χ1) is 19.9. The summed E-state index contributed by atoms with van der Waals surface area (Å²) in [4.78, 5) is 14.1. The number of ether oxygens (including phenoxy) is 1. The van der Waals surface area contributed by atoms with Crippen molar-refractivity contribution in [2.75, 3.05) is 0 Å². The summed E-state index contributed by atoms with van der Waals surface area (Å²) in [6.07, 6.45) is 1.56. The van der Waals surface area contributed by atoms with Crippen molar-refractivity contribution in [2.24, 2.45) is 0 Å². The van der Waals surface area contributed by atoms with Crippen molar-refractivity contribution in [3.8, 4) is 16.8 Å². The van der Waals surface area contributed by atoms with E-state index in [1.165, 1.54) is 32.8 Å². The lowest BCUT2D eigenvalue weighted by Crippen LogP contribution is -2.27. The normalized spacial score (nSPS) is 13.1. The number of para-hydroxylation sites is 1. The van der Waals surface area contributed by atoms with E-state index in [9.17, 15) is 4.79 Å². The van der Waals surface area contributed by atoms with Crippen LogP contribution in [0.3, 0.4) is 0 Å². The number of benzene rings is 5. The molecule has 1 aliphatic rings. The smallest absolute Gasteiger partial charge is 0.419 e. The summed E-state index contributed by atoms with van der Waals surface area (Å²) in [5.74, 6) is 0. The minimum absolute atomic E-state index is 0.343. The number of fused-ring (bicyclic) bond motifs is 4. The van der Waals surface area contributed by atoms with Gasteiger partial charge in [0, 0.05) is 27.2 Å². The minimum atomic E-state index is -0.620. The van der Waals surface area contributed by atoms with Crippen LogP contribution >= 0.6 is 0 Å². The Bertz CT molecular complexity index is 2170. The van der Waals surface area contributed by atoms with Crippen molar-refractivity contribution >= 4 is 49.7 Å². The predicted octanol–water partition coefficient (Wildman–Crippen LogP) is 9.44. The molecular weight excluding hydrogens is 504 g/mol. The van der Waals surface area contributed by atoms with Gasteiger partial charge in [0.25, 0.3) is 0 Å². The average molecular weight is 535 g/mol. The summed E-state index contributed by atoms with van der Waals surface area (Å²) in [7, 11) is 0. The summed E-state index contributed by atoms with van der Waals surface area (Å²) in [6, 6.07) is 36.4. The first-order valence-electron chi connectivity index (χ1n) is 14.3. The van der Waals surface area contributed by atoms with Crippen LogP contribution in [-0.4, -0.2) is 20.8 Å². The molecule has 4 nitrogen and oxygen atoms in total. The third kappa shape index (κ3) is 3.57. The van der Waals surface area contributed by atoms with Gasteiger partial charge in [-0.15, -0.1) is 0 Å². The SMILES string of the molecule is CC(C)(C)OC(=O)n1c2cccc3c2c2c(cc4c5ccccc5n(-c5cccc(-c6ccccc6)c5)c4c21)CC3. The largest absolute Gasteiger partial charge is 0.443 e. The molecule has 2 heterocycles. The number of aryl methyl sites for hydroxylation is 2. The second-order valence-electron chi connectivity index (χ2n) is 12.1. The van der Waals surface area contributed by atoms with E-state index in [1.54, 1.807) is 0 Å². The zero-order valence-corrected chi connectivity index (χ0v) is 23.4. The van der Waals surface area contributed by atoms with E-state index in [0.29, 0.717) is 0 Å². The molecule has 0 aliphatic heterocycles. The van der Waals surface area contributed by atoms with Gasteiger partial charge in [0.2, 0.25) is 0 Å². The molecule has 4 heteroatoms. The highest BCUT2D eigenvalue weighted by Gasteiger charge is 2.30. The maximum Gasteiger partial charge on any atom is 0.419 e. The topological polar surface area (TPSA) is 36.2 Å². The molecule has 0 bridgehead atoms. The first kappa shape index (κ1) is 24.0. The van der Waals surface area contributed by atoms with Crippen molar-refractivity contribution < 1.29 is 9.53 Å². The fourth-order valence-corrected chi connectivity index (χ4v) is 6.74. The Kier molecular flexibility index (Phi) is 5.03. The highest BCUT2D eigenvalue weighted by molar-refractivity contribution is 6.27. The van der Waals surface area contributed by atoms with Crippen LogP contribution in [-0.2, 0) is 17.6 Å². The van der Waals surface area contributed by atoms with Crippen LogP contribution < -0.4 is 0 Å². The summed E-state index contributed by atoms with van der Waals surface area (Å²) < 4.78 is 10.2. The van der Waals surface area contributed by atoms with Crippen molar-refractivity contribution in [3.05, 3.63) is 114 Å². The van der Waals surface area contributed by atoms with Gasteiger partial charge >= 0.3 is 6.09 Å². The van der Waals surface area contributed by atoms with E-state index in [0.717, 1.165) is 51.5 Å². The standard InChI is InChI=1S/C37H30N2O2/c1-37(2,3)41-36(40)39-31-18-10-13-24-19-20-26-22-29-28-16-7-8-17-30(28)38(34(29)35(39)33(26)32(24)31)27-15-9-14-25(21-27)23-11-5-4-6-12-23/h4-18,21-22H,19-20H2,1-3H3. The Labute approximate surface area is 238 Å². The Morgan fingerprint density at radius 3 is 2.20 bits per heavy atom. The number of rotatable bonds is 2. The molecule has 0 unspecified atom stereocenters. The molecular formula is C37H30N2O2. The van der Waals surface area contributed by atoms with Crippen molar-refractivity contribution in [1.82, 2.24) is 9.13 Å². The van der Waals surface area contributed by atoms with Gasteiger partial charge in [0.1, 0.15) is 5.60 Å². The highest BCUT2D eigenvalue weighted by atomic mass is 16.6.